The summed E-state index contributed by atoms with van der Waals surface area (Å²) in [5.41, 5.74) is 2.45. The summed E-state index contributed by atoms with van der Waals surface area (Å²) in [6.45, 7) is 7.15. The highest BCUT2D eigenvalue weighted by Gasteiger charge is 2.07. The molecule has 3 heteroatoms. The Morgan fingerprint density at radius 1 is 1.25 bits per heavy atom. The lowest BCUT2D eigenvalue weighted by Crippen LogP contribution is -2.12. The molecule has 0 amide bonds. The molecule has 0 heterocycles. The molecule has 90 valence electrons. The predicted molar refractivity (Wildman–Crippen MR) is 76.7 cm³/mol. The number of halogens is 2. The van der Waals surface area contributed by atoms with Gasteiger partial charge in [-0.2, -0.15) is 0 Å². The molecule has 1 aromatic carbocycles. The second-order valence-corrected chi connectivity index (χ2v) is 5.55. The van der Waals surface area contributed by atoms with Crippen LogP contribution < -0.4 is 4.74 Å². The molecular weight excluding hydrogens is 332 g/mol. The maximum absolute atomic E-state index is 5.82. The van der Waals surface area contributed by atoms with Gasteiger partial charge in [0, 0.05) is 15.7 Å². The Morgan fingerprint density at radius 2 is 1.81 bits per heavy atom. The van der Waals surface area contributed by atoms with Crippen molar-refractivity contribution in [3.8, 4) is 5.75 Å². The second kappa shape index (κ2) is 6.65. The zero-order chi connectivity index (χ0) is 12.1. The molecule has 0 radical (unpaired) electrons. The normalized spacial score (nSPS) is 12.6. The average molecular weight is 350 g/mol. The Kier molecular flexibility index (Phi) is 5.84. The summed E-state index contributed by atoms with van der Waals surface area (Å²) < 4.78 is 6.99. The minimum Gasteiger partial charge on any atom is -0.493 e. The fourth-order valence-corrected chi connectivity index (χ4v) is 2.35. The summed E-state index contributed by atoms with van der Waals surface area (Å²) in [6.07, 6.45) is 1.14. The summed E-state index contributed by atoms with van der Waals surface area (Å²) in [7, 11) is 0. The SMILES string of the molecule is CCC(CBr)COc1cc(C)c(Br)c(C)c1. The first-order chi connectivity index (χ1) is 7.58. The van der Waals surface area contributed by atoms with Crippen LogP contribution in [0.2, 0.25) is 0 Å². The van der Waals surface area contributed by atoms with E-state index in [1.165, 1.54) is 15.6 Å². The molecule has 0 saturated carbocycles. The molecule has 1 atom stereocenters. The van der Waals surface area contributed by atoms with Gasteiger partial charge < -0.3 is 4.74 Å². The van der Waals surface area contributed by atoms with Crippen LogP contribution in [0.5, 0.6) is 5.75 Å². The number of aryl methyl sites for hydroxylation is 2. The van der Waals surface area contributed by atoms with Crippen LogP contribution in [0.25, 0.3) is 0 Å². The molecule has 1 nitrogen and oxygen atoms in total. The van der Waals surface area contributed by atoms with Gasteiger partial charge in [-0.3, -0.25) is 0 Å². The first-order valence-electron chi connectivity index (χ1n) is 5.54. The monoisotopic (exact) mass is 348 g/mol. The van der Waals surface area contributed by atoms with Gasteiger partial charge in [-0.25, -0.2) is 0 Å². The van der Waals surface area contributed by atoms with Crippen LogP contribution in [0.4, 0.5) is 0 Å². The number of hydrogen-bond acceptors (Lipinski definition) is 1. The molecule has 0 aromatic heterocycles. The van der Waals surface area contributed by atoms with Crippen molar-refractivity contribution in [2.45, 2.75) is 27.2 Å². The van der Waals surface area contributed by atoms with E-state index < -0.39 is 0 Å². The molecule has 0 aliphatic heterocycles. The third kappa shape index (κ3) is 3.77. The summed E-state index contributed by atoms with van der Waals surface area (Å²) in [5.74, 6) is 1.56. The highest BCUT2D eigenvalue weighted by Crippen LogP contribution is 2.26. The minimum atomic E-state index is 0.587. The molecule has 0 fully saturated rings. The molecule has 1 aromatic rings. The molecular formula is C13H18Br2O. The van der Waals surface area contributed by atoms with E-state index in [0.717, 1.165) is 24.1 Å². The largest absolute Gasteiger partial charge is 0.493 e. The van der Waals surface area contributed by atoms with Gasteiger partial charge in [0.05, 0.1) is 6.61 Å². The van der Waals surface area contributed by atoms with Crippen molar-refractivity contribution in [2.24, 2.45) is 5.92 Å². The van der Waals surface area contributed by atoms with Crippen LogP contribution in [-0.4, -0.2) is 11.9 Å². The van der Waals surface area contributed by atoms with Gasteiger partial charge in [0.25, 0.3) is 0 Å². The predicted octanol–water partition coefficient (Wildman–Crippen LogP) is 4.87. The Labute approximate surface area is 115 Å². The topological polar surface area (TPSA) is 9.23 Å². The van der Waals surface area contributed by atoms with Crippen LogP contribution in [0.1, 0.15) is 24.5 Å². The first kappa shape index (κ1) is 14.0. The third-order valence-electron chi connectivity index (χ3n) is 2.69. The van der Waals surface area contributed by atoms with E-state index in [1.807, 2.05) is 0 Å². The number of hydrogen-bond donors (Lipinski definition) is 0. The summed E-state index contributed by atoms with van der Waals surface area (Å²) in [5, 5.41) is 0.998. The number of alkyl halides is 1. The zero-order valence-electron chi connectivity index (χ0n) is 10.0. The lowest BCUT2D eigenvalue weighted by molar-refractivity contribution is 0.260. The molecule has 0 aliphatic carbocycles. The number of benzene rings is 1. The van der Waals surface area contributed by atoms with Crippen molar-refractivity contribution < 1.29 is 4.74 Å². The first-order valence-corrected chi connectivity index (χ1v) is 7.45. The van der Waals surface area contributed by atoms with Crippen LogP contribution >= 0.6 is 31.9 Å². The molecule has 1 unspecified atom stereocenters. The van der Waals surface area contributed by atoms with Crippen molar-refractivity contribution in [1.82, 2.24) is 0 Å². The van der Waals surface area contributed by atoms with E-state index in [9.17, 15) is 0 Å². The highest BCUT2D eigenvalue weighted by molar-refractivity contribution is 9.10. The van der Waals surface area contributed by atoms with Gasteiger partial charge in [0.2, 0.25) is 0 Å². The van der Waals surface area contributed by atoms with Crippen molar-refractivity contribution in [1.29, 1.82) is 0 Å². The standard InChI is InChI=1S/C13H18Br2O/c1-4-11(7-14)8-16-12-5-9(2)13(15)10(3)6-12/h5-6,11H,4,7-8H2,1-3H3. The second-order valence-electron chi connectivity index (χ2n) is 4.11. The van der Waals surface area contributed by atoms with Gasteiger partial charge in [-0.1, -0.05) is 38.8 Å². The molecule has 0 N–H and O–H groups in total. The fourth-order valence-electron chi connectivity index (χ4n) is 1.48. The summed E-state index contributed by atoms with van der Waals surface area (Å²) in [4.78, 5) is 0. The van der Waals surface area contributed by atoms with Crippen LogP contribution in [0.15, 0.2) is 16.6 Å². The van der Waals surface area contributed by atoms with Gasteiger partial charge in [-0.15, -0.1) is 0 Å². The smallest absolute Gasteiger partial charge is 0.119 e. The maximum Gasteiger partial charge on any atom is 0.119 e. The van der Waals surface area contributed by atoms with E-state index in [0.29, 0.717) is 5.92 Å². The molecule has 0 saturated heterocycles. The molecule has 1 rings (SSSR count). The van der Waals surface area contributed by atoms with Crippen molar-refractivity contribution in [3.05, 3.63) is 27.7 Å². The molecule has 0 aliphatic rings. The quantitative estimate of drug-likeness (QED) is 0.689. The Hall–Kier alpha value is -0.0200. The lowest BCUT2D eigenvalue weighted by Gasteiger charge is -2.14. The van der Waals surface area contributed by atoms with E-state index >= 15 is 0 Å². The highest BCUT2D eigenvalue weighted by atomic mass is 79.9. The average Bonchev–Trinajstić information content (AvgIpc) is 2.27. The van der Waals surface area contributed by atoms with Gasteiger partial charge in [-0.05, 0) is 43.5 Å². The molecule has 0 spiro atoms. The van der Waals surface area contributed by atoms with Crippen LogP contribution in [0.3, 0.4) is 0 Å². The van der Waals surface area contributed by atoms with Crippen molar-refractivity contribution in [2.75, 3.05) is 11.9 Å². The third-order valence-corrected chi connectivity index (χ3v) is 4.86. The minimum absolute atomic E-state index is 0.587. The van der Waals surface area contributed by atoms with Crippen LogP contribution in [-0.2, 0) is 0 Å². The van der Waals surface area contributed by atoms with Gasteiger partial charge in [0.15, 0.2) is 0 Å². The van der Waals surface area contributed by atoms with Gasteiger partial charge >= 0.3 is 0 Å². The van der Waals surface area contributed by atoms with Crippen molar-refractivity contribution >= 4 is 31.9 Å². The maximum atomic E-state index is 5.82. The van der Waals surface area contributed by atoms with E-state index in [2.05, 4.69) is 64.8 Å². The van der Waals surface area contributed by atoms with Crippen molar-refractivity contribution in [3.63, 3.8) is 0 Å². The number of rotatable bonds is 5. The van der Waals surface area contributed by atoms with E-state index in [4.69, 9.17) is 4.74 Å². The fraction of sp³-hybridized carbons (Fsp3) is 0.538. The Balaban J connectivity index is 2.68. The number of ether oxygens (including phenoxy) is 1. The molecule has 16 heavy (non-hydrogen) atoms. The van der Waals surface area contributed by atoms with Gasteiger partial charge in [0.1, 0.15) is 5.75 Å². The Morgan fingerprint density at radius 3 is 2.25 bits per heavy atom. The molecule has 0 bridgehead atoms. The van der Waals surface area contributed by atoms with E-state index in [1.54, 1.807) is 0 Å². The van der Waals surface area contributed by atoms with Crippen LogP contribution in [0, 0.1) is 19.8 Å². The van der Waals surface area contributed by atoms with E-state index in [-0.39, 0.29) is 0 Å². The zero-order valence-corrected chi connectivity index (χ0v) is 13.2. The summed E-state index contributed by atoms with van der Waals surface area (Å²) in [6, 6.07) is 4.16. The Bertz CT molecular complexity index is 323. The summed E-state index contributed by atoms with van der Waals surface area (Å²) >= 11 is 7.06. The lowest BCUT2D eigenvalue weighted by atomic mass is 10.1.